The second-order valence-corrected chi connectivity index (χ2v) is 3.46. The van der Waals surface area contributed by atoms with E-state index >= 15 is 0 Å². The van der Waals surface area contributed by atoms with Gasteiger partial charge in [0.1, 0.15) is 11.9 Å². The van der Waals surface area contributed by atoms with Crippen molar-refractivity contribution in [2.45, 2.75) is 12.5 Å². The molecule has 0 aromatic heterocycles. The number of hydrogen-bond acceptors (Lipinski definition) is 4. The molecule has 4 heteroatoms. The number of nitrogens with zero attached hydrogens (tertiary/aromatic N) is 1. The number of cyclic esters (lactones) is 1. The van der Waals surface area contributed by atoms with Crippen LogP contribution in [0.15, 0.2) is 36.1 Å². The Morgan fingerprint density at radius 1 is 1.44 bits per heavy atom. The van der Waals surface area contributed by atoms with Crippen LogP contribution in [0.25, 0.3) is 0 Å². The van der Waals surface area contributed by atoms with E-state index < -0.39 is 12.1 Å². The highest BCUT2D eigenvalue weighted by Gasteiger charge is 2.24. The number of carbonyl (C=O) groups is 1. The third kappa shape index (κ3) is 1.89. The Hall–Kier alpha value is -2.28. The van der Waals surface area contributed by atoms with Gasteiger partial charge in [-0.2, -0.15) is 5.26 Å². The summed E-state index contributed by atoms with van der Waals surface area (Å²) in [5, 5.41) is 18.3. The molecule has 1 N–H and O–H groups in total. The summed E-state index contributed by atoms with van der Waals surface area (Å²) >= 11 is 0. The number of aliphatic hydroxyl groups excluding tert-OH is 1. The first-order valence-electron chi connectivity index (χ1n) is 4.80. The highest BCUT2D eigenvalue weighted by molar-refractivity contribution is 5.83. The monoisotopic (exact) mass is 215 g/mol. The third-order valence-electron chi connectivity index (χ3n) is 2.37. The van der Waals surface area contributed by atoms with Gasteiger partial charge in [-0.25, -0.2) is 4.79 Å². The first-order chi connectivity index (χ1) is 7.70. The maximum Gasteiger partial charge on any atom is 0.334 e. The Bertz CT molecular complexity index is 499. The van der Waals surface area contributed by atoms with E-state index in [0.29, 0.717) is 11.1 Å². The topological polar surface area (TPSA) is 70.3 Å². The molecule has 1 aliphatic rings. The van der Waals surface area contributed by atoms with Crippen LogP contribution in [0.3, 0.4) is 0 Å². The van der Waals surface area contributed by atoms with Crippen LogP contribution in [0.2, 0.25) is 0 Å². The van der Waals surface area contributed by atoms with Crippen molar-refractivity contribution in [1.82, 2.24) is 0 Å². The van der Waals surface area contributed by atoms with Gasteiger partial charge in [0.15, 0.2) is 0 Å². The molecular formula is C12H9NO3. The molecule has 0 aliphatic carbocycles. The molecule has 80 valence electrons. The van der Waals surface area contributed by atoms with E-state index in [2.05, 4.69) is 0 Å². The predicted octanol–water partition coefficient (Wildman–Crippen LogP) is 1.99. The number of hydrogen-bond donors (Lipinski definition) is 1. The van der Waals surface area contributed by atoms with Crippen LogP contribution >= 0.6 is 0 Å². The van der Waals surface area contributed by atoms with E-state index in [1.54, 1.807) is 24.3 Å². The second-order valence-electron chi connectivity index (χ2n) is 3.46. The average Bonchev–Trinajstić information content (AvgIpc) is 2.27. The SMILES string of the molecule is N#Cc1ccccc1C1CC(O)=CC(=O)O1. The number of esters is 1. The van der Waals surface area contributed by atoms with Gasteiger partial charge < -0.3 is 9.84 Å². The van der Waals surface area contributed by atoms with Crippen LogP contribution in [-0.2, 0) is 9.53 Å². The fourth-order valence-corrected chi connectivity index (χ4v) is 1.65. The first-order valence-corrected chi connectivity index (χ1v) is 4.80. The highest BCUT2D eigenvalue weighted by atomic mass is 16.5. The summed E-state index contributed by atoms with van der Waals surface area (Å²) in [6.45, 7) is 0. The molecule has 16 heavy (non-hydrogen) atoms. The zero-order chi connectivity index (χ0) is 11.5. The van der Waals surface area contributed by atoms with Gasteiger partial charge in [-0.05, 0) is 6.07 Å². The molecule has 1 heterocycles. The minimum Gasteiger partial charge on any atom is -0.512 e. The summed E-state index contributed by atoms with van der Waals surface area (Å²) < 4.78 is 5.06. The van der Waals surface area contributed by atoms with Crippen molar-refractivity contribution in [3.63, 3.8) is 0 Å². The first kappa shape index (κ1) is 10.2. The van der Waals surface area contributed by atoms with E-state index in [9.17, 15) is 9.90 Å². The van der Waals surface area contributed by atoms with Gasteiger partial charge in [-0.15, -0.1) is 0 Å². The van der Waals surface area contributed by atoms with Gasteiger partial charge in [-0.3, -0.25) is 0 Å². The van der Waals surface area contributed by atoms with Gasteiger partial charge in [0.25, 0.3) is 0 Å². The van der Waals surface area contributed by atoms with Crippen molar-refractivity contribution in [1.29, 1.82) is 5.26 Å². The van der Waals surface area contributed by atoms with Crippen molar-refractivity contribution in [3.8, 4) is 6.07 Å². The zero-order valence-electron chi connectivity index (χ0n) is 8.38. The molecule has 0 amide bonds. The summed E-state index contributed by atoms with van der Waals surface area (Å²) in [5.74, 6) is -0.601. The maximum atomic E-state index is 11.1. The van der Waals surface area contributed by atoms with Crippen LogP contribution in [0.4, 0.5) is 0 Å². The molecular weight excluding hydrogens is 206 g/mol. The molecule has 0 saturated carbocycles. The standard InChI is InChI=1S/C12H9NO3/c13-7-8-3-1-2-4-10(8)11-5-9(14)6-12(15)16-11/h1-4,6,11,14H,5H2. The van der Waals surface area contributed by atoms with Crippen LogP contribution in [0.1, 0.15) is 23.7 Å². The van der Waals surface area contributed by atoms with Crippen LogP contribution in [0, 0.1) is 11.3 Å². The number of aliphatic hydroxyl groups is 1. The number of rotatable bonds is 1. The van der Waals surface area contributed by atoms with Crippen molar-refractivity contribution in [2.24, 2.45) is 0 Å². The van der Waals surface area contributed by atoms with Gasteiger partial charge >= 0.3 is 5.97 Å². The van der Waals surface area contributed by atoms with Gasteiger partial charge in [0, 0.05) is 12.0 Å². The smallest absolute Gasteiger partial charge is 0.334 e. The van der Waals surface area contributed by atoms with E-state index in [0.717, 1.165) is 6.08 Å². The fourth-order valence-electron chi connectivity index (χ4n) is 1.65. The molecule has 1 atom stereocenters. The lowest BCUT2D eigenvalue weighted by atomic mass is 9.99. The van der Waals surface area contributed by atoms with Crippen molar-refractivity contribution in [2.75, 3.05) is 0 Å². The van der Waals surface area contributed by atoms with Gasteiger partial charge in [0.2, 0.25) is 0 Å². The predicted molar refractivity (Wildman–Crippen MR) is 55.3 cm³/mol. The number of carbonyl (C=O) groups excluding carboxylic acids is 1. The number of benzene rings is 1. The van der Waals surface area contributed by atoms with Crippen molar-refractivity contribution in [3.05, 3.63) is 47.2 Å². The minimum absolute atomic E-state index is 0.0195. The zero-order valence-corrected chi connectivity index (χ0v) is 8.38. The molecule has 0 saturated heterocycles. The normalized spacial score (nSPS) is 19.6. The van der Waals surface area contributed by atoms with Gasteiger partial charge in [-0.1, -0.05) is 18.2 Å². The Kier molecular flexibility index (Phi) is 2.61. The number of ether oxygens (including phenoxy) is 1. The fraction of sp³-hybridized carbons (Fsp3) is 0.167. The van der Waals surface area contributed by atoms with Crippen LogP contribution < -0.4 is 0 Å². The van der Waals surface area contributed by atoms with Crippen LogP contribution in [-0.4, -0.2) is 11.1 Å². The number of nitriles is 1. The van der Waals surface area contributed by atoms with E-state index in [1.165, 1.54) is 0 Å². The van der Waals surface area contributed by atoms with Crippen LogP contribution in [0.5, 0.6) is 0 Å². The van der Waals surface area contributed by atoms with E-state index in [1.807, 2.05) is 6.07 Å². The second kappa shape index (κ2) is 4.07. The molecule has 0 spiro atoms. The minimum atomic E-state index is -0.582. The summed E-state index contributed by atoms with van der Waals surface area (Å²) in [4.78, 5) is 11.1. The van der Waals surface area contributed by atoms with Crippen molar-refractivity contribution >= 4 is 5.97 Å². The third-order valence-corrected chi connectivity index (χ3v) is 2.37. The highest BCUT2D eigenvalue weighted by Crippen LogP contribution is 2.29. The summed E-state index contributed by atoms with van der Waals surface area (Å²) in [5.41, 5.74) is 1.08. The van der Waals surface area contributed by atoms with Gasteiger partial charge in [0.05, 0.1) is 17.7 Å². The molecule has 0 radical (unpaired) electrons. The molecule has 4 nitrogen and oxygen atoms in total. The molecule has 1 aromatic carbocycles. The lowest BCUT2D eigenvalue weighted by Gasteiger charge is -2.21. The largest absolute Gasteiger partial charge is 0.512 e. The molecule has 1 aromatic rings. The Labute approximate surface area is 92.4 Å². The Balaban J connectivity index is 2.36. The average molecular weight is 215 g/mol. The summed E-state index contributed by atoms with van der Waals surface area (Å²) in [6, 6.07) is 8.90. The van der Waals surface area contributed by atoms with E-state index in [4.69, 9.17) is 10.00 Å². The summed E-state index contributed by atoms with van der Waals surface area (Å²) in [6.07, 6.45) is 0.684. The Morgan fingerprint density at radius 3 is 2.88 bits per heavy atom. The molecule has 0 fully saturated rings. The lowest BCUT2D eigenvalue weighted by molar-refractivity contribution is -0.145. The van der Waals surface area contributed by atoms with E-state index in [-0.39, 0.29) is 12.2 Å². The quantitative estimate of drug-likeness (QED) is 0.727. The Morgan fingerprint density at radius 2 is 2.19 bits per heavy atom. The molecule has 0 bridgehead atoms. The lowest BCUT2D eigenvalue weighted by Crippen LogP contribution is -2.16. The maximum absolute atomic E-state index is 11.1. The molecule has 1 unspecified atom stereocenters. The molecule has 2 rings (SSSR count). The summed E-state index contributed by atoms with van der Waals surface area (Å²) in [7, 11) is 0. The van der Waals surface area contributed by atoms with Crippen molar-refractivity contribution < 1.29 is 14.6 Å². The molecule has 1 aliphatic heterocycles.